The summed E-state index contributed by atoms with van der Waals surface area (Å²) in [5.41, 5.74) is 5.48. The Labute approximate surface area is 121 Å². The lowest BCUT2D eigenvalue weighted by atomic mass is 10.1. The molecule has 0 aromatic rings. The zero-order chi connectivity index (χ0) is 14.4. The van der Waals surface area contributed by atoms with Crippen LogP contribution in [-0.4, -0.2) is 28.3 Å². The number of unbranched alkanes of at least 4 members (excludes halogenated alkanes) is 7. The summed E-state index contributed by atoms with van der Waals surface area (Å²) in [6, 6.07) is 1.14. The second kappa shape index (κ2) is 13.1. The van der Waals surface area contributed by atoms with Crippen LogP contribution in [0.3, 0.4) is 0 Å². The minimum Gasteiger partial charge on any atom is -0.395 e. The molecule has 0 aliphatic carbocycles. The van der Waals surface area contributed by atoms with Gasteiger partial charge >= 0.3 is 8.56 Å². The van der Waals surface area contributed by atoms with Crippen LogP contribution in [0.2, 0.25) is 12.6 Å². The Hall–Kier alpha value is 0.0969. The molecule has 0 radical (unpaired) electrons. The monoisotopic (exact) mass is 289 g/mol. The summed E-state index contributed by atoms with van der Waals surface area (Å²) < 4.78 is 11.7. The Balaban J connectivity index is 3.44. The third-order valence-corrected chi connectivity index (χ3v) is 6.54. The van der Waals surface area contributed by atoms with Crippen LogP contribution in [0.4, 0.5) is 0 Å². The molecule has 0 aliphatic rings. The van der Waals surface area contributed by atoms with Crippen molar-refractivity contribution in [3.05, 3.63) is 0 Å². The van der Waals surface area contributed by atoms with Crippen molar-refractivity contribution < 1.29 is 8.85 Å². The van der Waals surface area contributed by atoms with Crippen molar-refractivity contribution in [2.24, 2.45) is 5.73 Å². The summed E-state index contributed by atoms with van der Waals surface area (Å²) in [5, 5.41) is 0. The molecule has 4 heteroatoms. The van der Waals surface area contributed by atoms with Crippen molar-refractivity contribution in [1.29, 1.82) is 0 Å². The van der Waals surface area contributed by atoms with Crippen LogP contribution in [0.5, 0.6) is 0 Å². The number of hydrogen-bond donors (Lipinski definition) is 1. The molecule has 0 aromatic carbocycles. The van der Waals surface area contributed by atoms with E-state index in [4.69, 9.17) is 14.6 Å². The average Bonchev–Trinajstić information content (AvgIpc) is 2.37. The Morgan fingerprint density at radius 3 is 1.58 bits per heavy atom. The van der Waals surface area contributed by atoms with Crippen molar-refractivity contribution in [2.45, 2.75) is 77.8 Å². The second-order valence-corrected chi connectivity index (χ2v) is 8.71. The highest BCUT2D eigenvalue weighted by atomic mass is 28.4. The maximum Gasteiger partial charge on any atom is 0.334 e. The first-order chi connectivity index (χ1) is 9.18. The van der Waals surface area contributed by atoms with Crippen molar-refractivity contribution in [1.82, 2.24) is 0 Å². The maximum atomic E-state index is 5.85. The minimum absolute atomic E-state index is 0.782. The molecule has 0 unspecified atom stereocenters. The zero-order valence-electron chi connectivity index (χ0n) is 13.4. The van der Waals surface area contributed by atoms with Crippen molar-refractivity contribution in [2.75, 3.05) is 19.8 Å². The van der Waals surface area contributed by atoms with Gasteiger partial charge in [0.15, 0.2) is 0 Å². The van der Waals surface area contributed by atoms with E-state index >= 15 is 0 Å². The fraction of sp³-hybridized carbons (Fsp3) is 1.00. The Morgan fingerprint density at radius 2 is 1.16 bits per heavy atom. The van der Waals surface area contributed by atoms with Gasteiger partial charge in [0.05, 0.1) is 0 Å². The molecular weight excluding hydrogens is 254 g/mol. The first kappa shape index (κ1) is 19.1. The Bertz CT molecular complexity index is 185. The topological polar surface area (TPSA) is 44.5 Å². The quantitative estimate of drug-likeness (QED) is 0.385. The molecule has 2 N–H and O–H groups in total. The molecule has 0 rings (SSSR count). The molecule has 0 aromatic heterocycles. The first-order valence-corrected chi connectivity index (χ1v) is 10.7. The molecule has 0 spiro atoms. The van der Waals surface area contributed by atoms with Crippen molar-refractivity contribution in [3.63, 3.8) is 0 Å². The van der Waals surface area contributed by atoms with E-state index in [1.807, 2.05) is 0 Å². The molecule has 0 saturated heterocycles. The largest absolute Gasteiger partial charge is 0.395 e. The van der Waals surface area contributed by atoms with E-state index < -0.39 is 8.56 Å². The second-order valence-electron chi connectivity index (χ2n) is 5.37. The molecule has 3 nitrogen and oxygen atoms in total. The molecule has 116 valence electrons. The molecule has 0 heterocycles. The number of rotatable bonds is 14. The Kier molecular flexibility index (Phi) is 13.2. The highest BCUT2D eigenvalue weighted by Crippen LogP contribution is 2.19. The van der Waals surface area contributed by atoms with Gasteiger partial charge in [-0.3, -0.25) is 0 Å². The van der Waals surface area contributed by atoms with Gasteiger partial charge < -0.3 is 14.6 Å². The fourth-order valence-electron chi connectivity index (χ4n) is 2.45. The van der Waals surface area contributed by atoms with Crippen LogP contribution < -0.4 is 5.73 Å². The summed E-state index contributed by atoms with van der Waals surface area (Å²) in [4.78, 5) is 0. The predicted molar refractivity (Wildman–Crippen MR) is 85.7 cm³/mol. The summed E-state index contributed by atoms with van der Waals surface area (Å²) in [6.45, 7) is 8.73. The van der Waals surface area contributed by atoms with Crippen LogP contribution in [0.1, 0.15) is 65.2 Å². The lowest BCUT2D eigenvalue weighted by Crippen LogP contribution is -2.38. The molecule has 0 aliphatic heterocycles. The van der Waals surface area contributed by atoms with Gasteiger partial charge in [0.25, 0.3) is 0 Å². The minimum atomic E-state index is -1.85. The first-order valence-electron chi connectivity index (χ1n) is 8.16. The van der Waals surface area contributed by atoms with Gasteiger partial charge in [0.1, 0.15) is 0 Å². The summed E-state index contributed by atoms with van der Waals surface area (Å²) in [6.07, 6.45) is 10.5. The van der Waals surface area contributed by atoms with E-state index in [0.29, 0.717) is 0 Å². The van der Waals surface area contributed by atoms with Crippen molar-refractivity contribution >= 4 is 8.56 Å². The summed E-state index contributed by atoms with van der Waals surface area (Å²) in [7, 11) is -1.85. The van der Waals surface area contributed by atoms with Gasteiger partial charge in [0, 0.05) is 13.2 Å². The van der Waals surface area contributed by atoms with E-state index in [0.717, 1.165) is 25.8 Å². The summed E-state index contributed by atoms with van der Waals surface area (Å²) >= 11 is 0. The van der Waals surface area contributed by atoms with Gasteiger partial charge in [-0.15, -0.1) is 0 Å². The summed E-state index contributed by atoms with van der Waals surface area (Å²) in [5.74, 6) is 0. The average molecular weight is 290 g/mol. The van der Waals surface area contributed by atoms with Crippen LogP contribution in [0.15, 0.2) is 0 Å². The highest BCUT2D eigenvalue weighted by Gasteiger charge is 2.29. The number of nitrogens with two attached hydrogens (primary N) is 1. The molecule has 0 bridgehead atoms. The molecule has 0 atom stereocenters. The van der Waals surface area contributed by atoms with Gasteiger partial charge in [-0.05, 0) is 39.4 Å². The van der Waals surface area contributed by atoms with E-state index in [1.54, 1.807) is 0 Å². The van der Waals surface area contributed by atoms with Gasteiger partial charge in [-0.2, -0.15) is 0 Å². The SMILES string of the molecule is CCO[Si](C)(CCCCCCCCCCN)OCC. The molecule has 0 fully saturated rings. The predicted octanol–water partition coefficient (Wildman–Crippen LogP) is 4.21. The third-order valence-electron chi connectivity index (χ3n) is 3.48. The van der Waals surface area contributed by atoms with E-state index in [2.05, 4.69) is 20.4 Å². The zero-order valence-corrected chi connectivity index (χ0v) is 14.4. The van der Waals surface area contributed by atoms with Gasteiger partial charge in [-0.25, -0.2) is 0 Å². The van der Waals surface area contributed by atoms with Crippen LogP contribution in [0, 0.1) is 0 Å². The molecule has 0 amide bonds. The van der Waals surface area contributed by atoms with Gasteiger partial charge in [-0.1, -0.05) is 44.9 Å². The standard InChI is InChI=1S/C15H35NO2Si/c1-4-17-19(3,18-5-2)15-13-11-9-7-6-8-10-12-14-16/h4-16H2,1-3H3. The molecule has 19 heavy (non-hydrogen) atoms. The normalized spacial score (nSPS) is 12.0. The van der Waals surface area contributed by atoms with E-state index in [1.165, 1.54) is 51.4 Å². The maximum absolute atomic E-state index is 5.85. The van der Waals surface area contributed by atoms with Crippen molar-refractivity contribution in [3.8, 4) is 0 Å². The number of hydrogen-bond acceptors (Lipinski definition) is 3. The smallest absolute Gasteiger partial charge is 0.334 e. The molecular formula is C15H35NO2Si. The highest BCUT2D eigenvalue weighted by molar-refractivity contribution is 6.66. The lowest BCUT2D eigenvalue weighted by Gasteiger charge is -2.25. The lowest BCUT2D eigenvalue weighted by molar-refractivity contribution is 0.188. The fourth-order valence-corrected chi connectivity index (χ4v) is 4.93. The van der Waals surface area contributed by atoms with Crippen LogP contribution in [-0.2, 0) is 8.85 Å². The van der Waals surface area contributed by atoms with Gasteiger partial charge in [0.2, 0.25) is 0 Å². The van der Waals surface area contributed by atoms with E-state index in [9.17, 15) is 0 Å². The Morgan fingerprint density at radius 1 is 0.737 bits per heavy atom. The van der Waals surface area contributed by atoms with Crippen LogP contribution >= 0.6 is 0 Å². The van der Waals surface area contributed by atoms with Crippen LogP contribution in [0.25, 0.3) is 0 Å². The third kappa shape index (κ3) is 11.6. The van der Waals surface area contributed by atoms with E-state index in [-0.39, 0.29) is 0 Å². The molecule has 0 saturated carbocycles.